The number of halogens is 1. The molecule has 0 saturated carbocycles. The van der Waals surface area contributed by atoms with E-state index < -0.39 is 30.1 Å². The summed E-state index contributed by atoms with van der Waals surface area (Å²) in [6, 6.07) is 12.1. The number of benzene rings is 2. The summed E-state index contributed by atoms with van der Waals surface area (Å²) in [7, 11) is 1.25. The third-order valence-corrected chi connectivity index (χ3v) is 6.27. The predicted molar refractivity (Wildman–Crippen MR) is 136 cm³/mol. The van der Waals surface area contributed by atoms with Gasteiger partial charge in [-0.3, -0.25) is 9.59 Å². The molecule has 2 aliphatic rings. The number of carbonyl (C=O) groups excluding carboxylic acids is 4. The van der Waals surface area contributed by atoms with Crippen molar-refractivity contribution in [3.63, 3.8) is 0 Å². The number of nitrogens with zero attached hydrogens (tertiary/aromatic N) is 2. The van der Waals surface area contributed by atoms with E-state index in [1.54, 1.807) is 53.4 Å². The number of likely N-dealkylation sites (tertiary alicyclic amines) is 1. The Balaban J connectivity index is 1.44. The maximum Gasteiger partial charge on any atom is 0.331 e. The second kappa shape index (κ2) is 12.0. The lowest BCUT2D eigenvalue weighted by atomic mass is 10.1. The summed E-state index contributed by atoms with van der Waals surface area (Å²) >= 11 is 5.91. The van der Waals surface area contributed by atoms with Gasteiger partial charge >= 0.3 is 12.0 Å². The largest absolute Gasteiger partial charge is 0.467 e. The Morgan fingerprint density at radius 1 is 1.05 bits per heavy atom. The Morgan fingerprint density at radius 2 is 1.73 bits per heavy atom. The van der Waals surface area contributed by atoms with Crippen molar-refractivity contribution in [2.75, 3.05) is 55.6 Å². The molecule has 2 fully saturated rings. The molecule has 2 aromatic rings. The fourth-order valence-electron chi connectivity index (χ4n) is 4.11. The number of esters is 1. The van der Waals surface area contributed by atoms with Crippen LogP contribution in [0.1, 0.15) is 6.42 Å². The van der Waals surface area contributed by atoms with E-state index in [4.69, 9.17) is 21.1 Å². The normalized spacial score (nSPS) is 19.5. The zero-order valence-electron chi connectivity index (χ0n) is 20.1. The highest BCUT2D eigenvalue weighted by atomic mass is 35.5. The van der Waals surface area contributed by atoms with Crippen molar-refractivity contribution in [3.8, 4) is 0 Å². The van der Waals surface area contributed by atoms with Crippen molar-refractivity contribution in [2.24, 2.45) is 0 Å². The molecule has 196 valence electrons. The van der Waals surface area contributed by atoms with Crippen LogP contribution in [-0.4, -0.2) is 80.9 Å². The summed E-state index contributed by atoms with van der Waals surface area (Å²) in [5.74, 6) is -1.09. The number of carbonyl (C=O) groups is 4. The van der Waals surface area contributed by atoms with E-state index in [2.05, 4.69) is 15.4 Å². The lowest BCUT2D eigenvalue weighted by molar-refractivity contribution is -0.147. The van der Waals surface area contributed by atoms with Gasteiger partial charge in [-0.2, -0.15) is 0 Å². The van der Waals surface area contributed by atoms with Crippen LogP contribution in [0.3, 0.4) is 0 Å². The summed E-state index contributed by atoms with van der Waals surface area (Å²) in [5, 5.41) is 6.11. The molecule has 0 spiro atoms. The van der Waals surface area contributed by atoms with Crippen LogP contribution in [0.2, 0.25) is 5.02 Å². The molecule has 12 heteroatoms. The Kier molecular flexibility index (Phi) is 8.59. The average molecular weight is 531 g/mol. The first-order chi connectivity index (χ1) is 17.8. The molecule has 0 aromatic heterocycles. The van der Waals surface area contributed by atoms with Crippen LogP contribution in [0.5, 0.6) is 0 Å². The second-order valence-electron chi connectivity index (χ2n) is 8.48. The molecule has 0 unspecified atom stereocenters. The first-order valence-corrected chi connectivity index (χ1v) is 12.0. The number of hydrogen-bond acceptors (Lipinski definition) is 7. The minimum atomic E-state index is -0.851. The molecule has 0 radical (unpaired) electrons. The van der Waals surface area contributed by atoms with Gasteiger partial charge in [0.1, 0.15) is 19.3 Å². The molecule has 0 aliphatic carbocycles. The summed E-state index contributed by atoms with van der Waals surface area (Å²) < 4.78 is 15.3. The van der Waals surface area contributed by atoms with Gasteiger partial charge in [0.2, 0.25) is 5.91 Å². The van der Waals surface area contributed by atoms with Crippen LogP contribution >= 0.6 is 11.6 Å². The molecule has 4 rings (SSSR count). The summed E-state index contributed by atoms with van der Waals surface area (Å²) in [4.78, 5) is 52.9. The zero-order chi connectivity index (χ0) is 26.4. The van der Waals surface area contributed by atoms with E-state index >= 15 is 0 Å². The Labute approximate surface area is 218 Å². The van der Waals surface area contributed by atoms with E-state index in [-0.39, 0.29) is 32.1 Å². The van der Waals surface area contributed by atoms with Gasteiger partial charge in [0.05, 0.1) is 19.8 Å². The van der Waals surface area contributed by atoms with E-state index in [0.717, 1.165) is 0 Å². The number of hydrogen-bond donors (Lipinski definition) is 2. The lowest BCUT2D eigenvalue weighted by Gasteiger charge is -2.27. The summed E-state index contributed by atoms with van der Waals surface area (Å²) in [6.07, 6.45) is -0.349. The molecule has 2 aromatic carbocycles. The number of urea groups is 1. The highest BCUT2D eigenvalue weighted by Gasteiger charge is 2.40. The summed E-state index contributed by atoms with van der Waals surface area (Å²) in [6.45, 7) is 0.764. The minimum Gasteiger partial charge on any atom is -0.467 e. The molecule has 4 amide bonds. The van der Waals surface area contributed by atoms with Gasteiger partial charge in [-0.1, -0.05) is 11.6 Å². The van der Waals surface area contributed by atoms with Crippen LogP contribution in [0, 0.1) is 0 Å². The standard InChI is InChI=1S/C25H27ClN4O7/c1-35-23(32)15-37-20-12-21(30(13-20)25(34)28-18-4-2-16(26)3-5-18)24(33)27-17-6-8-19(9-7-17)29-10-11-36-14-22(29)31/h2-9,20-21H,10-15H2,1H3,(H,27,33)(H,28,34)/t20-,21-/m1/s1. The third kappa shape index (κ3) is 6.76. The van der Waals surface area contributed by atoms with Gasteiger partial charge in [-0.05, 0) is 48.5 Å². The van der Waals surface area contributed by atoms with Crippen LogP contribution in [-0.2, 0) is 28.6 Å². The lowest BCUT2D eigenvalue weighted by Crippen LogP contribution is -2.45. The predicted octanol–water partition coefficient (Wildman–Crippen LogP) is 2.51. The smallest absolute Gasteiger partial charge is 0.331 e. The van der Waals surface area contributed by atoms with Crippen LogP contribution in [0.15, 0.2) is 48.5 Å². The highest BCUT2D eigenvalue weighted by molar-refractivity contribution is 6.30. The number of morpholine rings is 1. The fraction of sp³-hybridized carbons (Fsp3) is 0.360. The van der Waals surface area contributed by atoms with Crippen LogP contribution in [0.25, 0.3) is 0 Å². The zero-order valence-corrected chi connectivity index (χ0v) is 20.9. The van der Waals surface area contributed by atoms with Gasteiger partial charge in [-0.15, -0.1) is 0 Å². The van der Waals surface area contributed by atoms with Crippen LogP contribution < -0.4 is 15.5 Å². The number of methoxy groups -OCH3 is 1. The average Bonchev–Trinajstić information content (AvgIpc) is 3.34. The third-order valence-electron chi connectivity index (χ3n) is 6.02. The van der Waals surface area contributed by atoms with E-state index in [1.807, 2.05) is 0 Å². The first kappa shape index (κ1) is 26.4. The highest BCUT2D eigenvalue weighted by Crippen LogP contribution is 2.25. The molecular weight excluding hydrogens is 504 g/mol. The van der Waals surface area contributed by atoms with Crippen molar-refractivity contribution in [1.29, 1.82) is 0 Å². The molecular formula is C25H27ClN4O7. The summed E-state index contributed by atoms with van der Waals surface area (Å²) in [5.41, 5.74) is 1.72. The van der Waals surface area contributed by atoms with E-state index in [1.165, 1.54) is 12.0 Å². The monoisotopic (exact) mass is 530 g/mol. The second-order valence-corrected chi connectivity index (χ2v) is 8.92. The van der Waals surface area contributed by atoms with Crippen molar-refractivity contribution >= 4 is 52.5 Å². The Hall–Kier alpha value is -3.67. The SMILES string of the molecule is COC(=O)CO[C@@H]1C[C@H](C(=O)Nc2ccc(N3CCOCC3=O)cc2)N(C(=O)Nc2ccc(Cl)cc2)C1. The van der Waals surface area contributed by atoms with Gasteiger partial charge in [0, 0.05) is 41.6 Å². The topological polar surface area (TPSA) is 127 Å². The van der Waals surface area contributed by atoms with Crippen molar-refractivity contribution in [1.82, 2.24) is 4.90 Å². The minimum absolute atomic E-state index is 0.0350. The molecule has 11 nitrogen and oxygen atoms in total. The van der Waals surface area contributed by atoms with Crippen molar-refractivity contribution in [2.45, 2.75) is 18.6 Å². The van der Waals surface area contributed by atoms with Crippen molar-refractivity contribution < 1.29 is 33.4 Å². The molecule has 2 atom stereocenters. The Bertz CT molecular complexity index is 1140. The quantitative estimate of drug-likeness (QED) is 0.527. The fourth-order valence-corrected chi connectivity index (χ4v) is 4.23. The molecule has 2 heterocycles. The maximum atomic E-state index is 13.2. The van der Waals surface area contributed by atoms with E-state index in [9.17, 15) is 19.2 Å². The van der Waals surface area contributed by atoms with E-state index in [0.29, 0.717) is 35.2 Å². The molecule has 0 bridgehead atoms. The van der Waals surface area contributed by atoms with Crippen molar-refractivity contribution in [3.05, 3.63) is 53.6 Å². The molecule has 37 heavy (non-hydrogen) atoms. The number of rotatable bonds is 7. The number of anilines is 3. The number of ether oxygens (including phenoxy) is 3. The van der Waals surface area contributed by atoms with Crippen LogP contribution in [0.4, 0.5) is 21.9 Å². The van der Waals surface area contributed by atoms with Gasteiger partial charge in [-0.25, -0.2) is 9.59 Å². The molecule has 2 aliphatic heterocycles. The molecule has 2 N–H and O–H groups in total. The van der Waals surface area contributed by atoms with Gasteiger partial charge in [0.15, 0.2) is 0 Å². The maximum absolute atomic E-state index is 13.2. The Morgan fingerprint density at radius 3 is 2.41 bits per heavy atom. The molecule has 2 saturated heterocycles. The van der Waals surface area contributed by atoms with Gasteiger partial charge in [0.25, 0.3) is 5.91 Å². The van der Waals surface area contributed by atoms with Gasteiger partial charge < -0.3 is 34.6 Å². The number of amides is 4. The first-order valence-electron chi connectivity index (χ1n) is 11.6. The number of nitrogens with one attached hydrogen (secondary N) is 2.